The maximum atomic E-state index is 11.6. The van der Waals surface area contributed by atoms with E-state index in [1.807, 2.05) is 0 Å². The summed E-state index contributed by atoms with van der Waals surface area (Å²) in [5.41, 5.74) is 6.87. The van der Waals surface area contributed by atoms with Crippen LogP contribution in [0.25, 0.3) is 0 Å². The molecule has 0 aromatic carbocycles. The number of esters is 1. The molecule has 0 saturated heterocycles. The average molecular weight is 263 g/mol. The highest BCUT2D eigenvalue weighted by atomic mass is 16.5. The zero-order valence-corrected chi connectivity index (χ0v) is 11.6. The first-order valence-electron chi connectivity index (χ1n) is 6.75. The summed E-state index contributed by atoms with van der Waals surface area (Å²) < 4.78 is 4.73. The number of hydrogen-bond donors (Lipinski definition) is 1. The van der Waals surface area contributed by atoms with Crippen molar-refractivity contribution < 1.29 is 9.53 Å². The molecule has 0 spiro atoms. The summed E-state index contributed by atoms with van der Waals surface area (Å²) in [7, 11) is 1.35. The van der Waals surface area contributed by atoms with Crippen LogP contribution in [0, 0.1) is 5.92 Å². The Labute approximate surface area is 113 Å². The lowest BCUT2D eigenvalue weighted by atomic mass is 9.85. The van der Waals surface area contributed by atoms with Gasteiger partial charge in [0.25, 0.3) is 0 Å². The number of pyridine rings is 1. The first-order valence-corrected chi connectivity index (χ1v) is 6.75. The highest BCUT2D eigenvalue weighted by molar-refractivity contribution is 5.97. The largest absolute Gasteiger partial charge is 0.465 e. The third-order valence-electron chi connectivity index (χ3n) is 3.76. The second-order valence-corrected chi connectivity index (χ2v) is 4.92. The molecule has 1 heterocycles. The Hall–Kier alpha value is -1.78. The summed E-state index contributed by atoms with van der Waals surface area (Å²) in [4.78, 5) is 18.1. The molecule has 0 atom stereocenters. The van der Waals surface area contributed by atoms with Crippen LogP contribution in [-0.2, 0) is 4.74 Å². The van der Waals surface area contributed by atoms with Crippen molar-refractivity contribution in [2.45, 2.75) is 26.2 Å². The Morgan fingerprint density at radius 3 is 2.84 bits per heavy atom. The second kappa shape index (κ2) is 5.91. The van der Waals surface area contributed by atoms with Crippen LogP contribution in [0.1, 0.15) is 36.5 Å². The van der Waals surface area contributed by atoms with E-state index in [1.165, 1.54) is 26.4 Å². The van der Waals surface area contributed by atoms with E-state index >= 15 is 0 Å². The van der Waals surface area contributed by atoms with Gasteiger partial charge in [-0.25, -0.2) is 9.78 Å². The van der Waals surface area contributed by atoms with Crippen molar-refractivity contribution in [1.82, 2.24) is 4.98 Å². The molecule has 5 nitrogen and oxygen atoms in total. The topological polar surface area (TPSA) is 68.5 Å². The zero-order chi connectivity index (χ0) is 13.8. The van der Waals surface area contributed by atoms with Crippen molar-refractivity contribution in [3.8, 4) is 0 Å². The van der Waals surface area contributed by atoms with Crippen LogP contribution in [0.3, 0.4) is 0 Å². The van der Waals surface area contributed by atoms with Crippen molar-refractivity contribution in [3.05, 3.63) is 17.8 Å². The van der Waals surface area contributed by atoms with Crippen molar-refractivity contribution in [1.29, 1.82) is 0 Å². The molecule has 1 aliphatic rings. The van der Waals surface area contributed by atoms with E-state index in [1.54, 1.807) is 12.3 Å². The monoisotopic (exact) mass is 263 g/mol. The molecule has 1 saturated carbocycles. The summed E-state index contributed by atoms with van der Waals surface area (Å²) in [5.74, 6) is 1.00. The molecular formula is C14H21N3O2. The van der Waals surface area contributed by atoms with Gasteiger partial charge in [0.05, 0.1) is 18.4 Å². The molecule has 1 aliphatic carbocycles. The first kappa shape index (κ1) is 13.6. The number of nitrogen functional groups attached to an aromatic ring is 1. The van der Waals surface area contributed by atoms with Crippen molar-refractivity contribution in [2.24, 2.45) is 5.92 Å². The molecule has 0 radical (unpaired) electrons. The maximum absolute atomic E-state index is 11.6. The van der Waals surface area contributed by atoms with Crippen LogP contribution >= 0.6 is 0 Å². The predicted molar refractivity (Wildman–Crippen MR) is 75.2 cm³/mol. The Balaban J connectivity index is 2.23. The Bertz CT molecular complexity index is 458. The van der Waals surface area contributed by atoms with Gasteiger partial charge in [-0.3, -0.25) is 0 Å². The fourth-order valence-electron chi connectivity index (χ4n) is 2.35. The maximum Gasteiger partial charge on any atom is 0.340 e. The number of ether oxygens (including phenoxy) is 1. The van der Waals surface area contributed by atoms with Crippen molar-refractivity contribution in [2.75, 3.05) is 30.8 Å². The molecule has 0 aliphatic heterocycles. The summed E-state index contributed by atoms with van der Waals surface area (Å²) in [6.45, 7) is 3.86. The normalized spacial score (nSPS) is 14.8. The Morgan fingerprint density at radius 1 is 1.58 bits per heavy atom. The van der Waals surface area contributed by atoms with Crippen LogP contribution in [0.5, 0.6) is 0 Å². The minimum absolute atomic E-state index is 0.388. The fraction of sp³-hybridized carbons (Fsp3) is 0.571. The van der Waals surface area contributed by atoms with Gasteiger partial charge in [-0.05, 0) is 31.7 Å². The predicted octanol–water partition coefficient (Wildman–Crippen LogP) is 2.08. The van der Waals surface area contributed by atoms with E-state index in [0.717, 1.165) is 19.0 Å². The molecule has 2 rings (SSSR count). The number of aromatic nitrogens is 1. The lowest BCUT2D eigenvalue weighted by molar-refractivity contribution is 0.0602. The SMILES string of the molecule is CCN(CC1CCC1)c1nccc(C(=O)OC)c1N. The molecular weight excluding hydrogens is 242 g/mol. The minimum Gasteiger partial charge on any atom is -0.465 e. The summed E-state index contributed by atoms with van der Waals surface area (Å²) in [6.07, 6.45) is 5.47. The average Bonchev–Trinajstić information content (AvgIpc) is 2.38. The van der Waals surface area contributed by atoms with Gasteiger partial charge in [0, 0.05) is 19.3 Å². The lowest BCUT2D eigenvalue weighted by Crippen LogP contribution is -2.33. The van der Waals surface area contributed by atoms with Crippen LogP contribution in [0.4, 0.5) is 11.5 Å². The number of carbonyl (C=O) groups is 1. The summed E-state index contributed by atoms with van der Waals surface area (Å²) in [6, 6.07) is 1.60. The number of nitrogens with zero attached hydrogens (tertiary/aromatic N) is 2. The smallest absolute Gasteiger partial charge is 0.340 e. The van der Waals surface area contributed by atoms with Crippen LogP contribution in [-0.4, -0.2) is 31.2 Å². The van der Waals surface area contributed by atoms with Gasteiger partial charge >= 0.3 is 5.97 Å². The highest BCUT2D eigenvalue weighted by Crippen LogP contribution is 2.31. The number of carbonyl (C=O) groups excluding carboxylic acids is 1. The first-order chi connectivity index (χ1) is 9.17. The molecule has 1 aromatic heterocycles. The number of nitrogens with two attached hydrogens (primary N) is 1. The van der Waals surface area contributed by atoms with E-state index in [-0.39, 0.29) is 0 Å². The van der Waals surface area contributed by atoms with Gasteiger partial charge in [-0.15, -0.1) is 0 Å². The van der Waals surface area contributed by atoms with Gasteiger partial charge in [0.15, 0.2) is 5.82 Å². The molecule has 0 bridgehead atoms. The molecule has 0 unspecified atom stereocenters. The Kier molecular flexibility index (Phi) is 4.24. The van der Waals surface area contributed by atoms with Crippen LogP contribution in [0.15, 0.2) is 12.3 Å². The lowest BCUT2D eigenvalue weighted by Gasteiger charge is -2.33. The van der Waals surface area contributed by atoms with Gasteiger partial charge in [-0.2, -0.15) is 0 Å². The molecule has 0 amide bonds. The van der Waals surface area contributed by atoms with Gasteiger partial charge in [-0.1, -0.05) is 6.42 Å². The van der Waals surface area contributed by atoms with E-state index in [2.05, 4.69) is 16.8 Å². The van der Waals surface area contributed by atoms with E-state index < -0.39 is 5.97 Å². The van der Waals surface area contributed by atoms with Gasteiger partial charge < -0.3 is 15.4 Å². The quantitative estimate of drug-likeness (QED) is 0.824. The highest BCUT2D eigenvalue weighted by Gasteiger charge is 2.23. The molecule has 5 heteroatoms. The zero-order valence-electron chi connectivity index (χ0n) is 11.6. The van der Waals surface area contributed by atoms with Gasteiger partial charge in [0.2, 0.25) is 0 Å². The Morgan fingerprint density at radius 2 is 2.32 bits per heavy atom. The van der Waals surface area contributed by atoms with E-state index in [4.69, 9.17) is 10.5 Å². The van der Waals surface area contributed by atoms with E-state index in [0.29, 0.717) is 17.1 Å². The third kappa shape index (κ3) is 2.80. The molecule has 104 valence electrons. The second-order valence-electron chi connectivity index (χ2n) is 4.92. The van der Waals surface area contributed by atoms with Crippen LogP contribution in [0.2, 0.25) is 0 Å². The molecule has 2 N–H and O–H groups in total. The molecule has 1 aromatic rings. The number of rotatable bonds is 5. The number of anilines is 2. The minimum atomic E-state index is -0.416. The van der Waals surface area contributed by atoms with Gasteiger partial charge in [0.1, 0.15) is 0 Å². The number of hydrogen-bond acceptors (Lipinski definition) is 5. The third-order valence-corrected chi connectivity index (χ3v) is 3.76. The molecule has 19 heavy (non-hydrogen) atoms. The van der Waals surface area contributed by atoms with Crippen molar-refractivity contribution in [3.63, 3.8) is 0 Å². The van der Waals surface area contributed by atoms with Crippen LogP contribution < -0.4 is 10.6 Å². The standard InChI is InChI=1S/C14H21N3O2/c1-3-17(9-10-5-4-6-10)13-12(15)11(7-8-16-13)14(18)19-2/h7-8,10H,3-6,9,15H2,1-2H3. The number of methoxy groups -OCH3 is 1. The fourth-order valence-corrected chi connectivity index (χ4v) is 2.35. The summed E-state index contributed by atoms with van der Waals surface area (Å²) >= 11 is 0. The summed E-state index contributed by atoms with van der Waals surface area (Å²) in [5, 5.41) is 0. The van der Waals surface area contributed by atoms with Crippen molar-refractivity contribution >= 4 is 17.5 Å². The van der Waals surface area contributed by atoms with E-state index in [9.17, 15) is 4.79 Å². The molecule has 1 fully saturated rings.